The molecular formula is C13H15ClF2N2O2. The summed E-state index contributed by atoms with van der Waals surface area (Å²) in [5.41, 5.74) is -0.827. The Hall–Kier alpha value is -1.43. The first-order valence-electron chi connectivity index (χ1n) is 6.10. The molecule has 2 heterocycles. The van der Waals surface area contributed by atoms with Crippen LogP contribution in [0.5, 0.6) is 0 Å². The first-order chi connectivity index (χ1) is 9.08. The molecular weight excluding hydrogens is 290 g/mol. The van der Waals surface area contributed by atoms with Gasteiger partial charge in [0.05, 0.1) is 13.1 Å². The highest BCUT2D eigenvalue weighted by Crippen LogP contribution is 2.36. The Balaban J connectivity index is 2.27. The monoisotopic (exact) mass is 304 g/mol. The van der Waals surface area contributed by atoms with Gasteiger partial charge in [-0.25, -0.2) is 9.78 Å². The van der Waals surface area contributed by atoms with Gasteiger partial charge in [-0.2, -0.15) is 8.78 Å². The molecule has 4 nitrogen and oxygen atoms in total. The number of pyridine rings is 1. The second kappa shape index (κ2) is 4.84. The van der Waals surface area contributed by atoms with E-state index in [0.29, 0.717) is 0 Å². The molecule has 0 N–H and O–H groups in total. The molecule has 0 saturated carbocycles. The lowest BCUT2D eigenvalue weighted by molar-refractivity contribution is -0.0624. The minimum absolute atomic E-state index is 0.00847. The van der Waals surface area contributed by atoms with Crippen molar-refractivity contribution < 1.29 is 18.3 Å². The van der Waals surface area contributed by atoms with Crippen molar-refractivity contribution in [3.63, 3.8) is 0 Å². The summed E-state index contributed by atoms with van der Waals surface area (Å²) in [6.45, 7) is 4.32. The number of fused-ring (bicyclic) bond motifs is 1. The molecule has 0 atom stereocenters. The summed E-state index contributed by atoms with van der Waals surface area (Å²) < 4.78 is 33.2. The summed E-state index contributed by atoms with van der Waals surface area (Å²) in [5, 5.41) is 0.00847. The fraction of sp³-hybridized carbons (Fsp3) is 0.538. The van der Waals surface area contributed by atoms with Crippen LogP contribution >= 0.6 is 11.6 Å². The zero-order chi connectivity index (χ0) is 15.1. The van der Waals surface area contributed by atoms with Crippen LogP contribution in [-0.2, 0) is 17.2 Å². The third kappa shape index (κ3) is 3.17. The lowest BCUT2D eigenvalue weighted by atomic mass is 10.0. The number of nitrogens with zero attached hydrogens (tertiary/aromatic N) is 2. The van der Waals surface area contributed by atoms with Gasteiger partial charge in [0.25, 0.3) is 0 Å². The van der Waals surface area contributed by atoms with E-state index < -0.39 is 24.2 Å². The van der Waals surface area contributed by atoms with E-state index in [1.807, 2.05) is 0 Å². The molecule has 0 spiro atoms. The largest absolute Gasteiger partial charge is 0.444 e. The van der Waals surface area contributed by atoms with Crippen molar-refractivity contribution in [2.24, 2.45) is 0 Å². The first kappa shape index (κ1) is 15.0. The maximum Gasteiger partial charge on any atom is 0.410 e. The van der Waals surface area contributed by atoms with Gasteiger partial charge in [-0.1, -0.05) is 17.7 Å². The van der Waals surface area contributed by atoms with Gasteiger partial charge in [-0.3, -0.25) is 4.90 Å². The van der Waals surface area contributed by atoms with Crippen LogP contribution in [0.25, 0.3) is 0 Å². The van der Waals surface area contributed by atoms with Crippen LogP contribution in [0.15, 0.2) is 12.1 Å². The Kier molecular flexibility index (Phi) is 3.62. The van der Waals surface area contributed by atoms with Crippen molar-refractivity contribution in [3.8, 4) is 0 Å². The number of hydrogen-bond donors (Lipinski definition) is 0. The molecule has 0 unspecified atom stereocenters. The Morgan fingerprint density at radius 1 is 1.45 bits per heavy atom. The van der Waals surface area contributed by atoms with E-state index in [0.717, 1.165) is 4.90 Å². The SMILES string of the molecule is CC(C)(C)OC(=O)N1Cc2ccc(Cl)nc2C(F)(F)C1. The summed E-state index contributed by atoms with van der Waals surface area (Å²) in [7, 11) is 0. The molecule has 20 heavy (non-hydrogen) atoms. The molecule has 0 aliphatic carbocycles. The Bertz CT molecular complexity index is 544. The smallest absolute Gasteiger partial charge is 0.410 e. The quantitative estimate of drug-likeness (QED) is 0.688. The maximum atomic E-state index is 14.0. The van der Waals surface area contributed by atoms with E-state index in [-0.39, 0.29) is 23.0 Å². The van der Waals surface area contributed by atoms with Crippen molar-refractivity contribution in [2.75, 3.05) is 6.54 Å². The number of hydrogen-bond acceptors (Lipinski definition) is 3. The van der Waals surface area contributed by atoms with Crippen LogP contribution in [0, 0.1) is 0 Å². The zero-order valence-corrected chi connectivity index (χ0v) is 12.2. The van der Waals surface area contributed by atoms with Crippen molar-refractivity contribution in [1.82, 2.24) is 9.88 Å². The van der Waals surface area contributed by atoms with Gasteiger partial charge in [0.2, 0.25) is 0 Å². The predicted molar refractivity (Wildman–Crippen MR) is 69.8 cm³/mol. The highest BCUT2D eigenvalue weighted by atomic mass is 35.5. The number of ether oxygens (including phenoxy) is 1. The van der Waals surface area contributed by atoms with Gasteiger partial charge in [-0.15, -0.1) is 0 Å². The van der Waals surface area contributed by atoms with Gasteiger partial charge in [0.15, 0.2) is 0 Å². The second-order valence-electron chi connectivity index (χ2n) is 5.68. The molecule has 1 aromatic heterocycles. The molecule has 7 heteroatoms. The molecule has 2 rings (SSSR count). The number of aromatic nitrogens is 1. The highest BCUT2D eigenvalue weighted by molar-refractivity contribution is 6.29. The van der Waals surface area contributed by atoms with E-state index in [9.17, 15) is 13.6 Å². The van der Waals surface area contributed by atoms with E-state index in [2.05, 4.69) is 4.98 Å². The number of carbonyl (C=O) groups excluding carboxylic acids is 1. The standard InChI is InChI=1S/C13H15ClF2N2O2/c1-12(2,3)20-11(19)18-6-8-4-5-9(14)17-10(8)13(15,16)7-18/h4-5H,6-7H2,1-3H3. The van der Waals surface area contributed by atoms with E-state index >= 15 is 0 Å². The van der Waals surface area contributed by atoms with E-state index in [4.69, 9.17) is 16.3 Å². The third-order valence-electron chi connectivity index (χ3n) is 2.69. The van der Waals surface area contributed by atoms with Crippen LogP contribution < -0.4 is 0 Å². The summed E-state index contributed by atoms with van der Waals surface area (Å²) in [6, 6.07) is 2.88. The summed E-state index contributed by atoms with van der Waals surface area (Å²) in [5.74, 6) is -3.24. The zero-order valence-electron chi connectivity index (χ0n) is 11.4. The number of rotatable bonds is 0. The number of alkyl halides is 2. The van der Waals surface area contributed by atoms with E-state index in [1.54, 1.807) is 20.8 Å². The van der Waals surface area contributed by atoms with Crippen molar-refractivity contribution in [1.29, 1.82) is 0 Å². The first-order valence-corrected chi connectivity index (χ1v) is 6.48. The number of amides is 1. The van der Waals surface area contributed by atoms with Gasteiger partial charge in [-0.05, 0) is 32.4 Å². The van der Waals surface area contributed by atoms with Crippen LogP contribution in [0.4, 0.5) is 13.6 Å². The van der Waals surface area contributed by atoms with Crippen molar-refractivity contribution in [2.45, 2.75) is 38.8 Å². The Morgan fingerprint density at radius 3 is 2.70 bits per heavy atom. The van der Waals surface area contributed by atoms with Crippen LogP contribution in [0.2, 0.25) is 5.15 Å². The highest BCUT2D eigenvalue weighted by Gasteiger charge is 2.44. The summed E-state index contributed by atoms with van der Waals surface area (Å²) >= 11 is 5.64. The molecule has 0 fully saturated rings. The van der Waals surface area contributed by atoms with Crippen molar-refractivity contribution >= 4 is 17.7 Å². The number of halogens is 3. The molecule has 0 bridgehead atoms. The lowest BCUT2D eigenvalue weighted by Crippen LogP contribution is -2.46. The van der Waals surface area contributed by atoms with Gasteiger partial charge < -0.3 is 4.74 Å². The molecule has 1 aliphatic heterocycles. The molecule has 1 aromatic rings. The third-order valence-corrected chi connectivity index (χ3v) is 2.90. The Morgan fingerprint density at radius 2 is 2.10 bits per heavy atom. The average Bonchev–Trinajstić information content (AvgIpc) is 2.27. The van der Waals surface area contributed by atoms with Crippen LogP contribution in [-0.4, -0.2) is 28.1 Å². The van der Waals surface area contributed by atoms with Crippen LogP contribution in [0.1, 0.15) is 32.0 Å². The molecule has 1 aliphatic rings. The molecule has 0 aromatic carbocycles. The minimum Gasteiger partial charge on any atom is -0.444 e. The Labute approximate surface area is 120 Å². The topological polar surface area (TPSA) is 42.4 Å². The van der Waals surface area contributed by atoms with Gasteiger partial charge in [0, 0.05) is 0 Å². The number of carbonyl (C=O) groups is 1. The normalized spacial score (nSPS) is 17.6. The fourth-order valence-electron chi connectivity index (χ4n) is 1.94. The van der Waals surface area contributed by atoms with Gasteiger partial charge >= 0.3 is 12.0 Å². The molecule has 0 radical (unpaired) electrons. The lowest BCUT2D eigenvalue weighted by Gasteiger charge is -2.34. The maximum absolute atomic E-state index is 14.0. The fourth-order valence-corrected chi connectivity index (χ4v) is 2.09. The average molecular weight is 305 g/mol. The van der Waals surface area contributed by atoms with E-state index in [1.165, 1.54) is 12.1 Å². The molecule has 0 saturated heterocycles. The summed E-state index contributed by atoms with van der Waals surface area (Å²) in [6.07, 6.45) is -0.766. The minimum atomic E-state index is -3.24. The van der Waals surface area contributed by atoms with Crippen LogP contribution in [0.3, 0.4) is 0 Å². The predicted octanol–water partition coefficient (Wildman–Crippen LogP) is 3.58. The second-order valence-corrected chi connectivity index (χ2v) is 6.07. The molecule has 110 valence electrons. The van der Waals surface area contributed by atoms with Gasteiger partial charge in [0.1, 0.15) is 16.4 Å². The van der Waals surface area contributed by atoms with Crippen molar-refractivity contribution in [3.05, 3.63) is 28.5 Å². The summed E-state index contributed by atoms with van der Waals surface area (Å²) in [4.78, 5) is 16.5. The molecule has 1 amide bonds.